The Hall–Kier alpha value is -0.610. The van der Waals surface area contributed by atoms with Crippen molar-refractivity contribution in [2.75, 3.05) is 7.11 Å². The lowest BCUT2D eigenvalue weighted by atomic mass is 10.1. The van der Waals surface area contributed by atoms with Gasteiger partial charge < -0.3 is 4.74 Å². The van der Waals surface area contributed by atoms with Crippen molar-refractivity contribution in [3.8, 4) is 0 Å². The Labute approximate surface area is 106 Å². The van der Waals surface area contributed by atoms with E-state index in [1.54, 1.807) is 6.07 Å². The topological polar surface area (TPSA) is 26.3 Å². The van der Waals surface area contributed by atoms with Crippen LogP contribution in [0, 0.1) is 0 Å². The van der Waals surface area contributed by atoms with Crippen LogP contribution in [-0.4, -0.2) is 13.1 Å². The number of esters is 1. The highest BCUT2D eigenvalue weighted by atomic mass is 79.9. The molecule has 80 valence electrons. The van der Waals surface area contributed by atoms with Gasteiger partial charge in [-0.25, -0.2) is 4.79 Å². The first kappa shape index (κ1) is 12.5. The van der Waals surface area contributed by atoms with Crippen molar-refractivity contribution in [2.45, 2.75) is 6.92 Å². The van der Waals surface area contributed by atoms with Crippen LogP contribution in [0.15, 0.2) is 27.7 Å². The van der Waals surface area contributed by atoms with Gasteiger partial charge in [0.15, 0.2) is 0 Å². The van der Waals surface area contributed by atoms with Crippen LogP contribution in [0.5, 0.6) is 0 Å². The van der Waals surface area contributed by atoms with Gasteiger partial charge in [0.05, 0.1) is 12.7 Å². The minimum atomic E-state index is -0.364. The number of carbonyl (C=O) groups is 1. The van der Waals surface area contributed by atoms with Gasteiger partial charge in [-0.3, -0.25) is 0 Å². The van der Waals surface area contributed by atoms with Crippen molar-refractivity contribution in [3.63, 3.8) is 0 Å². The molecule has 1 aromatic carbocycles. The number of allylic oxidation sites excluding steroid dienone is 1. The molecule has 0 aliphatic carbocycles. The minimum Gasteiger partial charge on any atom is -0.465 e. The maximum atomic E-state index is 11.4. The molecule has 0 fully saturated rings. The molecule has 0 aliphatic heterocycles. The van der Waals surface area contributed by atoms with Crippen molar-refractivity contribution in [2.24, 2.45) is 0 Å². The molecular formula is C11H10Br2O2. The molecular weight excluding hydrogens is 324 g/mol. The maximum absolute atomic E-state index is 11.4. The van der Waals surface area contributed by atoms with E-state index in [9.17, 15) is 4.79 Å². The Morgan fingerprint density at radius 1 is 1.27 bits per heavy atom. The van der Waals surface area contributed by atoms with E-state index in [1.165, 1.54) is 7.11 Å². The zero-order valence-electron chi connectivity index (χ0n) is 8.43. The molecule has 0 saturated heterocycles. The Morgan fingerprint density at radius 3 is 2.27 bits per heavy atom. The van der Waals surface area contributed by atoms with Crippen molar-refractivity contribution < 1.29 is 9.53 Å². The predicted octanol–water partition coefficient (Wildman–Crippen LogP) is 4.03. The Bertz CT molecular complexity index is 425. The lowest BCUT2D eigenvalue weighted by Gasteiger charge is -2.08. The zero-order valence-corrected chi connectivity index (χ0v) is 11.6. The van der Waals surface area contributed by atoms with Gasteiger partial charge in [0, 0.05) is 8.95 Å². The molecule has 0 amide bonds. The highest BCUT2D eigenvalue weighted by Crippen LogP contribution is 2.30. The third-order valence-electron chi connectivity index (χ3n) is 1.92. The van der Waals surface area contributed by atoms with Crippen molar-refractivity contribution in [3.05, 3.63) is 38.8 Å². The highest BCUT2D eigenvalue weighted by Gasteiger charge is 2.13. The van der Waals surface area contributed by atoms with E-state index in [1.807, 2.05) is 13.0 Å². The highest BCUT2D eigenvalue weighted by molar-refractivity contribution is 9.11. The second-order valence-electron chi connectivity index (χ2n) is 3.08. The Balaban J connectivity index is 3.36. The number of methoxy groups -OCH3 is 1. The predicted molar refractivity (Wildman–Crippen MR) is 67.9 cm³/mol. The molecule has 4 heteroatoms. The summed E-state index contributed by atoms with van der Waals surface area (Å²) in [6.45, 7) is 5.73. The van der Waals surface area contributed by atoms with Crippen LogP contribution < -0.4 is 0 Å². The molecule has 0 aromatic heterocycles. The maximum Gasteiger partial charge on any atom is 0.339 e. The van der Waals surface area contributed by atoms with E-state index in [0.717, 1.165) is 15.6 Å². The number of halogens is 2. The minimum absolute atomic E-state index is 0.364. The monoisotopic (exact) mass is 332 g/mol. The molecule has 0 spiro atoms. The van der Waals surface area contributed by atoms with Gasteiger partial charge in [-0.15, -0.1) is 0 Å². The fourth-order valence-corrected chi connectivity index (χ4v) is 2.64. The lowest BCUT2D eigenvalue weighted by molar-refractivity contribution is 0.0599. The van der Waals surface area contributed by atoms with Gasteiger partial charge >= 0.3 is 5.97 Å². The van der Waals surface area contributed by atoms with Crippen molar-refractivity contribution in [1.82, 2.24) is 0 Å². The second-order valence-corrected chi connectivity index (χ2v) is 4.79. The molecule has 1 rings (SSSR count). The average molecular weight is 334 g/mol. The van der Waals surface area contributed by atoms with Gasteiger partial charge in [0.2, 0.25) is 0 Å². The first-order chi connectivity index (χ1) is 6.97. The fourth-order valence-electron chi connectivity index (χ4n) is 1.14. The third-order valence-corrected chi connectivity index (χ3v) is 3.23. The summed E-state index contributed by atoms with van der Waals surface area (Å²) in [6, 6.07) is 3.57. The number of ether oxygens (including phenoxy) is 1. The molecule has 0 bridgehead atoms. The van der Waals surface area contributed by atoms with E-state index in [-0.39, 0.29) is 5.97 Å². The second kappa shape index (κ2) is 4.94. The van der Waals surface area contributed by atoms with E-state index < -0.39 is 0 Å². The van der Waals surface area contributed by atoms with E-state index >= 15 is 0 Å². The summed E-state index contributed by atoms with van der Waals surface area (Å²) in [5.41, 5.74) is 2.29. The average Bonchev–Trinajstić information content (AvgIpc) is 2.16. The molecule has 0 atom stereocenters. The molecule has 2 nitrogen and oxygen atoms in total. The van der Waals surface area contributed by atoms with Gasteiger partial charge in [-0.2, -0.15) is 0 Å². The smallest absolute Gasteiger partial charge is 0.339 e. The summed E-state index contributed by atoms with van der Waals surface area (Å²) in [5.74, 6) is -0.364. The molecule has 0 saturated carbocycles. The first-order valence-corrected chi connectivity index (χ1v) is 5.79. The molecule has 0 heterocycles. The summed E-state index contributed by atoms with van der Waals surface area (Å²) in [5, 5.41) is 0. The third kappa shape index (κ3) is 2.69. The fraction of sp³-hybridized carbons (Fsp3) is 0.182. The van der Waals surface area contributed by atoms with Crippen LogP contribution in [-0.2, 0) is 4.74 Å². The summed E-state index contributed by atoms with van der Waals surface area (Å²) in [4.78, 5) is 11.4. The SMILES string of the molecule is C=C(C)c1cc(C(=O)OC)c(Br)cc1Br. The van der Waals surface area contributed by atoms with E-state index in [2.05, 4.69) is 43.2 Å². The van der Waals surface area contributed by atoms with Crippen LogP contribution >= 0.6 is 31.9 Å². The van der Waals surface area contributed by atoms with Crippen LogP contribution in [0.2, 0.25) is 0 Å². The summed E-state index contributed by atoms with van der Waals surface area (Å²) >= 11 is 6.72. The number of carbonyl (C=O) groups excluding carboxylic acids is 1. The summed E-state index contributed by atoms with van der Waals surface area (Å²) in [6.07, 6.45) is 0. The Kier molecular flexibility index (Phi) is 4.11. The van der Waals surface area contributed by atoms with Gasteiger partial charge in [-0.1, -0.05) is 22.5 Å². The van der Waals surface area contributed by atoms with Crippen LogP contribution in [0.4, 0.5) is 0 Å². The molecule has 0 N–H and O–H groups in total. The Morgan fingerprint density at radius 2 is 1.80 bits per heavy atom. The van der Waals surface area contributed by atoms with Gasteiger partial charge in [-0.05, 0) is 46.1 Å². The van der Waals surface area contributed by atoms with Crippen LogP contribution in [0.3, 0.4) is 0 Å². The summed E-state index contributed by atoms with van der Waals surface area (Å²) < 4.78 is 6.28. The number of rotatable bonds is 2. The van der Waals surface area contributed by atoms with Gasteiger partial charge in [0.25, 0.3) is 0 Å². The quantitative estimate of drug-likeness (QED) is 0.764. The number of hydrogen-bond donors (Lipinski definition) is 0. The van der Waals surface area contributed by atoms with Gasteiger partial charge in [0.1, 0.15) is 0 Å². The molecule has 0 aliphatic rings. The standard InChI is InChI=1S/C11H10Br2O2/c1-6(2)7-4-8(11(14)15-3)10(13)5-9(7)12/h4-5H,1H2,2-3H3. The molecule has 0 radical (unpaired) electrons. The number of hydrogen-bond acceptors (Lipinski definition) is 2. The largest absolute Gasteiger partial charge is 0.465 e. The van der Waals surface area contributed by atoms with Crippen LogP contribution in [0.1, 0.15) is 22.8 Å². The summed E-state index contributed by atoms with van der Waals surface area (Å²) in [7, 11) is 1.36. The molecule has 1 aromatic rings. The van der Waals surface area contributed by atoms with E-state index in [0.29, 0.717) is 10.0 Å². The van der Waals surface area contributed by atoms with Crippen molar-refractivity contribution >= 4 is 43.4 Å². The number of benzene rings is 1. The lowest BCUT2D eigenvalue weighted by Crippen LogP contribution is -2.03. The molecule has 15 heavy (non-hydrogen) atoms. The van der Waals surface area contributed by atoms with Crippen molar-refractivity contribution in [1.29, 1.82) is 0 Å². The van der Waals surface area contributed by atoms with Crippen LogP contribution in [0.25, 0.3) is 5.57 Å². The zero-order chi connectivity index (χ0) is 11.6. The normalized spacial score (nSPS) is 9.87. The van der Waals surface area contributed by atoms with E-state index in [4.69, 9.17) is 0 Å². The molecule has 0 unspecified atom stereocenters. The first-order valence-electron chi connectivity index (χ1n) is 4.20.